The number of benzene rings is 2. The van der Waals surface area contributed by atoms with Gasteiger partial charge in [0.1, 0.15) is 0 Å². The highest BCUT2D eigenvalue weighted by molar-refractivity contribution is 5.86. The van der Waals surface area contributed by atoms with Crippen LogP contribution in [0.3, 0.4) is 0 Å². The standard InChI is InChI=1S/C12H12/c1-9-6-7-11-5-3-4-10(2)12(11)8-9/h3-8H,1-2H3/i1D3,2+1. The Hall–Kier alpha value is -1.30. The highest BCUT2D eigenvalue weighted by atomic mass is 14.1. The van der Waals surface area contributed by atoms with Gasteiger partial charge in [0.25, 0.3) is 0 Å². The smallest absolute Gasteiger partial charge is 0.0280 e. The molecule has 0 spiro atoms. The van der Waals surface area contributed by atoms with Gasteiger partial charge in [-0.2, -0.15) is 0 Å². The van der Waals surface area contributed by atoms with Crippen molar-refractivity contribution in [3.8, 4) is 0 Å². The Kier molecular flexibility index (Phi) is 1.02. The quantitative estimate of drug-likeness (QED) is 0.518. The van der Waals surface area contributed by atoms with Crippen LogP contribution in [0, 0.1) is 13.8 Å². The van der Waals surface area contributed by atoms with Crippen LogP contribution in [0.25, 0.3) is 10.8 Å². The van der Waals surface area contributed by atoms with Crippen LogP contribution in [0.4, 0.5) is 0 Å². The largest absolute Gasteiger partial charge is 0.0614 e. The normalized spacial score (nSPS) is 15.2. The molecule has 0 saturated heterocycles. The molecule has 0 bridgehead atoms. The first-order chi connectivity index (χ1) is 6.98. The Morgan fingerprint density at radius 1 is 1.17 bits per heavy atom. The van der Waals surface area contributed by atoms with Gasteiger partial charge in [-0.3, -0.25) is 0 Å². The molecule has 0 heterocycles. The topological polar surface area (TPSA) is 0 Å². The number of hydrogen-bond donors (Lipinski definition) is 0. The van der Waals surface area contributed by atoms with Crippen LogP contribution in [0.5, 0.6) is 0 Å². The van der Waals surface area contributed by atoms with Gasteiger partial charge in [-0.1, -0.05) is 42.0 Å². The lowest BCUT2D eigenvalue weighted by Crippen LogP contribution is -1.78. The molecule has 0 heteroatoms. The maximum atomic E-state index is 7.35. The van der Waals surface area contributed by atoms with Gasteiger partial charge in [-0.25, -0.2) is 0 Å². The average molecular weight is 160 g/mol. The van der Waals surface area contributed by atoms with Crippen molar-refractivity contribution in [3.63, 3.8) is 0 Å². The molecule has 0 saturated carbocycles. The predicted molar refractivity (Wildman–Crippen MR) is 53.4 cm³/mol. The van der Waals surface area contributed by atoms with Crippen LogP contribution < -0.4 is 0 Å². The Bertz CT molecular complexity index is 498. The van der Waals surface area contributed by atoms with E-state index in [2.05, 4.69) is 0 Å². The van der Waals surface area contributed by atoms with Crippen LogP contribution in [-0.4, -0.2) is 0 Å². The van der Waals surface area contributed by atoms with Crippen molar-refractivity contribution in [1.29, 1.82) is 0 Å². The van der Waals surface area contributed by atoms with E-state index < -0.39 is 6.85 Å². The molecule has 12 heavy (non-hydrogen) atoms. The van der Waals surface area contributed by atoms with E-state index in [-0.39, 0.29) is 0 Å². The summed E-state index contributed by atoms with van der Waals surface area (Å²) in [5, 5.41) is 2.11. The maximum Gasteiger partial charge on any atom is 0.0280 e. The maximum absolute atomic E-state index is 7.35. The Labute approximate surface area is 77.1 Å². The first-order valence-corrected chi connectivity index (χ1v) is 3.98. The first-order valence-electron chi connectivity index (χ1n) is 5.48. The second-order valence-electron chi connectivity index (χ2n) is 3.01. The molecule has 0 unspecified atom stereocenters. The van der Waals surface area contributed by atoms with Crippen molar-refractivity contribution in [2.24, 2.45) is 0 Å². The Morgan fingerprint density at radius 2 is 2.08 bits per heavy atom. The third-order valence-corrected chi connectivity index (χ3v) is 2.10. The van der Waals surface area contributed by atoms with Gasteiger partial charge in [0.2, 0.25) is 0 Å². The molecular weight excluding hydrogens is 145 g/mol. The molecule has 0 radical (unpaired) electrons. The minimum absolute atomic E-state index is 0.407. The highest BCUT2D eigenvalue weighted by Crippen LogP contribution is 2.18. The molecular formula is C12H12. The molecule has 2 aromatic rings. The van der Waals surface area contributed by atoms with Crippen molar-refractivity contribution >= 4 is 10.8 Å². The van der Waals surface area contributed by atoms with E-state index in [9.17, 15) is 0 Å². The molecule has 0 aliphatic heterocycles. The summed E-state index contributed by atoms with van der Waals surface area (Å²) < 4.78 is 22.1. The van der Waals surface area contributed by atoms with Crippen LogP contribution in [0.15, 0.2) is 36.4 Å². The summed E-state index contributed by atoms with van der Waals surface area (Å²) >= 11 is 0. The summed E-state index contributed by atoms with van der Waals surface area (Å²) in [6.07, 6.45) is 0. The molecule has 0 nitrogen and oxygen atoms in total. The van der Waals surface area contributed by atoms with Crippen LogP contribution in [0.1, 0.15) is 15.2 Å². The number of hydrogen-bond acceptors (Lipinski definition) is 0. The molecule has 0 atom stereocenters. The van der Waals surface area contributed by atoms with Crippen molar-refractivity contribution in [2.45, 2.75) is 13.8 Å². The Balaban J connectivity index is 2.70. The van der Waals surface area contributed by atoms with Gasteiger partial charge in [0.05, 0.1) is 0 Å². The van der Waals surface area contributed by atoms with Gasteiger partial charge >= 0.3 is 0 Å². The van der Waals surface area contributed by atoms with Gasteiger partial charge in [0.15, 0.2) is 0 Å². The second kappa shape index (κ2) is 2.63. The van der Waals surface area contributed by atoms with E-state index in [1.807, 2.05) is 31.2 Å². The zero-order valence-electron chi connectivity index (χ0n) is 9.96. The second-order valence-corrected chi connectivity index (χ2v) is 3.01. The molecule has 0 aromatic heterocycles. The van der Waals surface area contributed by atoms with E-state index in [4.69, 9.17) is 4.11 Å². The fraction of sp³-hybridized carbons (Fsp3) is 0.167. The molecule has 0 aliphatic carbocycles. The lowest BCUT2D eigenvalue weighted by molar-refractivity contribution is 1.47. The zero-order valence-corrected chi connectivity index (χ0v) is 6.96. The van der Waals surface area contributed by atoms with E-state index >= 15 is 0 Å². The van der Waals surface area contributed by atoms with Gasteiger partial charge < -0.3 is 0 Å². The van der Waals surface area contributed by atoms with E-state index in [1.54, 1.807) is 12.1 Å². The monoisotopic (exact) mass is 160 g/mol. The third kappa shape index (κ3) is 1.10. The third-order valence-electron chi connectivity index (χ3n) is 2.10. The molecule has 0 amide bonds. The lowest BCUT2D eigenvalue weighted by Gasteiger charge is -2.01. The summed E-state index contributed by atoms with van der Waals surface area (Å²) in [5.74, 6) is 0. The fourth-order valence-corrected chi connectivity index (χ4v) is 1.43. The predicted octanol–water partition coefficient (Wildman–Crippen LogP) is 3.46. The van der Waals surface area contributed by atoms with E-state index in [0.717, 1.165) is 16.3 Å². The SMILES string of the molecule is [2H]C([2H])([2H])c1ccc2cccc([13CH3])c2c1. The highest BCUT2D eigenvalue weighted by Gasteiger charge is 1.95. The summed E-state index contributed by atoms with van der Waals surface area (Å²) in [4.78, 5) is 0. The fourth-order valence-electron chi connectivity index (χ4n) is 1.43. The van der Waals surface area contributed by atoms with Crippen molar-refractivity contribution in [3.05, 3.63) is 47.5 Å². The molecule has 0 fully saturated rings. The van der Waals surface area contributed by atoms with E-state index in [0.29, 0.717) is 5.56 Å². The summed E-state index contributed by atoms with van der Waals surface area (Å²) in [6, 6.07) is 11.3. The van der Waals surface area contributed by atoms with Crippen molar-refractivity contribution < 1.29 is 4.11 Å². The lowest BCUT2D eigenvalue weighted by atomic mass is 10.1. The molecule has 0 N–H and O–H groups in total. The zero-order chi connectivity index (χ0) is 11.1. The average Bonchev–Trinajstić information content (AvgIpc) is 2.16. The summed E-state index contributed by atoms with van der Waals surface area (Å²) in [6.45, 7) is -0.0257. The van der Waals surface area contributed by atoms with Crippen LogP contribution >= 0.6 is 0 Å². The Morgan fingerprint density at radius 3 is 2.92 bits per heavy atom. The van der Waals surface area contributed by atoms with Gasteiger partial charge in [-0.15, -0.1) is 0 Å². The molecule has 2 aromatic carbocycles. The van der Waals surface area contributed by atoms with Crippen molar-refractivity contribution in [1.82, 2.24) is 0 Å². The van der Waals surface area contributed by atoms with Crippen LogP contribution in [0.2, 0.25) is 0 Å². The van der Waals surface area contributed by atoms with Crippen molar-refractivity contribution in [2.75, 3.05) is 0 Å². The first kappa shape index (κ1) is 4.66. The molecule has 60 valence electrons. The summed E-state index contributed by atoms with van der Waals surface area (Å²) in [7, 11) is 0. The number of fused-ring (bicyclic) bond motifs is 1. The van der Waals surface area contributed by atoms with Gasteiger partial charge in [0, 0.05) is 4.11 Å². The van der Waals surface area contributed by atoms with Gasteiger partial charge in [-0.05, 0) is 30.1 Å². The van der Waals surface area contributed by atoms with E-state index in [1.165, 1.54) is 0 Å². The number of rotatable bonds is 0. The number of aryl methyl sites for hydroxylation is 2. The molecule has 0 aliphatic rings. The minimum atomic E-state index is -2.02. The minimum Gasteiger partial charge on any atom is -0.0614 e. The molecule has 2 rings (SSSR count). The van der Waals surface area contributed by atoms with Crippen LogP contribution in [-0.2, 0) is 0 Å². The summed E-state index contributed by atoms with van der Waals surface area (Å²) in [5.41, 5.74) is 1.52.